The van der Waals surface area contributed by atoms with E-state index in [0.717, 1.165) is 4.90 Å². The number of esters is 4. The number of carbonyl (C=O) groups is 6. The molecule has 0 aromatic rings. The summed E-state index contributed by atoms with van der Waals surface area (Å²) in [6, 6.07) is 0. The minimum Gasteiger partial charge on any atom is -0.481 e. The van der Waals surface area contributed by atoms with Gasteiger partial charge in [0, 0.05) is 26.2 Å². The summed E-state index contributed by atoms with van der Waals surface area (Å²) in [4.78, 5) is 73.4. The molecule has 32 heavy (non-hydrogen) atoms. The van der Waals surface area contributed by atoms with E-state index in [2.05, 4.69) is 20.1 Å². The molecular weight excluding hydrogens is 432 g/mol. The van der Waals surface area contributed by atoms with Crippen LogP contribution in [0, 0.1) is 0 Å². The Morgan fingerprint density at radius 1 is 0.906 bits per heavy atom. The van der Waals surface area contributed by atoms with E-state index < -0.39 is 85.7 Å². The topological polar surface area (TPSA) is 215 Å². The first kappa shape index (κ1) is 25.3. The molecule has 178 valence electrons. The maximum atomic E-state index is 12.3. The van der Waals surface area contributed by atoms with Crippen molar-refractivity contribution in [2.45, 2.75) is 36.8 Å². The summed E-state index contributed by atoms with van der Waals surface area (Å²) in [6.45, 7) is -0.0428. The number of aliphatic carboxylic acids is 2. The number of morpholine rings is 1. The molecule has 0 aromatic carbocycles. The standard InChI is InChI=1S/C18H26N4O10/c19-1-2-20-3-4-21-17(5-11(23)24,6-12(25)26)18(7-13(27)31-14(28)8-18)22-9-15(29)32-16(30)10-22/h20-21H,1-10,19H2,(H,23,24)(H,25,26). The normalized spacial score (nSPS) is 19.4. The first-order chi connectivity index (χ1) is 15.0. The summed E-state index contributed by atoms with van der Waals surface area (Å²) in [5, 5.41) is 25.1. The minimum absolute atomic E-state index is 0.0395. The lowest BCUT2D eigenvalue weighted by atomic mass is 9.66. The lowest BCUT2D eigenvalue weighted by molar-refractivity contribution is -0.188. The first-order valence-corrected chi connectivity index (χ1v) is 9.85. The summed E-state index contributed by atoms with van der Waals surface area (Å²) in [6.07, 6.45) is -2.89. The van der Waals surface area contributed by atoms with Crippen LogP contribution in [0.25, 0.3) is 0 Å². The van der Waals surface area contributed by atoms with E-state index in [4.69, 9.17) is 5.73 Å². The SMILES string of the molecule is NCCNCCNC(CC(=O)O)(CC(=O)O)C1(N2CC(=O)OC(=O)C2)CC(=O)OC(=O)C1. The maximum absolute atomic E-state index is 12.3. The molecule has 0 amide bonds. The average Bonchev–Trinajstić information content (AvgIpc) is 2.65. The molecule has 14 heteroatoms. The minimum atomic E-state index is -1.93. The number of carbonyl (C=O) groups excluding carboxylic acids is 4. The number of rotatable bonds is 12. The second-order valence-electron chi connectivity index (χ2n) is 7.62. The lowest BCUT2D eigenvalue weighted by Crippen LogP contribution is -2.75. The molecule has 14 nitrogen and oxygen atoms in total. The quantitative estimate of drug-likeness (QED) is 0.111. The highest BCUT2D eigenvalue weighted by atomic mass is 16.6. The molecule has 0 bridgehead atoms. The van der Waals surface area contributed by atoms with Crippen molar-refractivity contribution in [2.75, 3.05) is 39.3 Å². The third-order valence-electron chi connectivity index (χ3n) is 5.46. The van der Waals surface area contributed by atoms with Crippen LogP contribution < -0.4 is 16.4 Å². The second-order valence-corrected chi connectivity index (χ2v) is 7.62. The predicted octanol–water partition coefficient (Wildman–Crippen LogP) is -3.20. The van der Waals surface area contributed by atoms with Gasteiger partial charge in [-0.25, -0.2) is 0 Å². The van der Waals surface area contributed by atoms with Crippen LogP contribution in [-0.4, -0.2) is 101 Å². The predicted molar refractivity (Wildman–Crippen MR) is 103 cm³/mol. The van der Waals surface area contributed by atoms with Gasteiger partial charge < -0.3 is 36.1 Å². The molecule has 2 aliphatic rings. The first-order valence-electron chi connectivity index (χ1n) is 9.85. The molecule has 2 rings (SSSR count). The molecule has 2 aliphatic heterocycles. The zero-order chi connectivity index (χ0) is 23.9. The average molecular weight is 458 g/mol. The van der Waals surface area contributed by atoms with Gasteiger partial charge >= 0.3 is 35.8 Å². The smallest absolute Gasteiger partial charge is 0.327 e. The number of carboxylic acids is 2. The van der Waals surface area contributed by atoms with Crippen LogP contribution in [0.1, 0.15) is 25.7 Å². The van der Waals surface area contributed by atoms with Gasteiger partial charge in [0.1, 0.15) is 0 Å². The van der Waals surface area contributed by atoms with E-state index in [1.54, 1.807) is 0 Å². The van der Waals surface area contributed by atoms with Crippen LogP contribution in [0.5, 0.6) is 0 Å². The Morgan fingerprint density at radius 2 is 1.41 bits per heavy atom. The highest BCUT2D eigenvalue weighted by Gasteiger charge is 2.62. The highest BCUT2D eigenvalue weighted by Crippen LogP contribution is 2.43. The molecule has 0 atom stereocenters. The zero-order valence-corrected chi connectivity index (χ0v) is 17.3. The maximum Gasteiger partial charge on any atom is 0.327 e. The summed E-state index contributed by atoms with van der Waals surface area (Å²) in [5.41, 5.74) is 1.62. The Balaban J connectivity index is 2.60. The van der Waals surface area contributed by atoms with Gasteiger partial charge in [-0.3, -0.25) is 33.7 Å². The van der Waals surface area contributed by atoms with Gasteiger partial charge in [-0.2, -0.15) is 0 Å². The molecule has 6 N–H and O–H groups in total. The summed E-state index contributed by atoms with van der Waals surface area (Å²) in [5.74, 6) is -6.84. The van der Waals surface area contributed by atoms with E-state index in [9.17, 15) is 39.0 Å². The zero-order valence-electron chi connectivity index (χ0n) is 17.3. The number of hydrogen-bond acceptors (Lipinski definition) is 12. The van der Waals surface area contributed by atoms with Gasteiger partial charge in [0.05, 0.1) is 49.9 Å². The summed E-state index contributed by atoms with van der Waals surface area (Å²) in [7, 11) is 0. The van der Waals surface area contributed by atoms with Crippen molar-refractivity contribution in [3.05, 3.63) is 0 Å². The Bertz CT molecular complexity index is 751. The third kappa shape index (κ3) is 5.85. The fourth-order valence-corrected chi connectivity index (χ4v) is 4.28. The number of nitrogens with two attached hydrogens (primary N) is 1. The van der Waals surface area contributed by atoms with Crippen LogP contribution in [0.3, 0.4) is 0 Å². The van der Waals surface area contributed by atoms with Crippen LogP contribution in [0.4, 0.5) is 0 Å². The van der Waals surface area contributed by atoms with Crippen molar-refractivity contribution in [1.29, 1.82) is 0 Å². The highest BCUT2D eigenvalue weighted by molar-refractivity contribution is 5.93. The van der Waals surface area contributed by atoms with Gasteiger partial charge in [0.2, 0.25) is 0 Å². The summed E-state index contributed by atoms with van der Waals surface area (Å²) < 4.78 is 9.10. The number of cyclic esters (lactones) is 4. The van der Waals surface area contributed by atoms with Crippen molar-refractivity contribution in [1.82, 2.24) is 15.5 Å². The fourth-order valence-electron chi connectivity index (χ4n) is 4.28. The van der Waals surface area contributed by atoms with Crippen LogP contribution >= 0.6 is 0 Å². The van der Waals surface area contributed by atoms with Crippen molar-refractivity contribution in [3.8, 4) is 0 Å². The van der Waals surface area contributed by atoms with E-state index in [1.165, 1.54) is 0 Å². The number of nitrogens with one attached hydrogen (secondary N) is 2. The van der Waals surface area contributed by atoms with Crippen molar-refractivity contribution in [3.63, 3.8) is 0 Å². The van der Waals surface area contributed by atoms with E-state index in [0.29, 0.717) is 13.1 Å². The molecular formula is C18H26N4O10. The lowest BCUT2D eigenvalue weighted by Gasteiger charge is -2.56. The van der Waals surface area contributed by atoms with Crippen LogP contribution in [0.2, 0.25) is 0 Å². The van der Waals surface area contributed by atoms with Gasteiger partial charge in [-0.1, -0.05) is 0 Å². The second kappa shape index (κ2) is 10.6. The number of nitrogens with zero attached hydrogens (tertiary/aromatic N) is 1. The Labute approximate surface area is 182 Å². The molecule has 2 heterocycles. The largest absolute Gasteiger partial charge is 0.481 e. The van der Waals surface area contributed by atoms with Gasteiger partial charge in [0.25, 0.3) is 0 Å². The molecule has 2 saturated heterocycles. The molecule has 2 fully saturated rings. The third-order valence-corrected chi connectivity index (χ3v) is 5.46. The molecule has 0 spiro atoms. The van der Waals surface area contributed by atoms with Crippen molar-refractivity contribution < 1.29 is 48.5 Å². The Hall–Kier alpha value is -2.94. The van der Waals surface area contributed by atoms with Gasteiger partial charge in [-0.05, 0) is 0 Å². The van der Waals surface area contributed by atoms with Crippen LogP contribution in [-0.2, 0) is 38.2 Å². The van der Waals surface area contributed by atoms with Crippen molar-refractivity contribution >= 4 is 35.8 Å². The summed E-state index contributed by atoms with van der Waals surface area (Å²) >= 11 is 0. The van der Waals surface area contributed by atoms with Crippen LogP contribution in [0.15, 0.2) is 0 Å². The molecule has 0 aromatic heterocycles. The number of carboxylic acid groups (broad SMARTS) is 2. The van der Waals surface area contributed by atoms with Crippen molar-refractivity contribution in [2.24, 2.45) is 5.73 Å². The molecule has 0 saturated carbocycles. The fraction of sp³-hybridized carbons (Fsp3) is 0.667. The Morgan fingerprint density at radius 3 is 1.88 bits per heavy atom. The number of ether oxygens (including phenoxy) is 2. The molecule has 0 aliphatic carbocycles. The van der Waals surface area contributed by atoms with Gasteiger partial charge in [0.15, 0.2) is 0 Å². The Kier molecular flexibility index (Phi) is 8.38. The van der Waals surface area contributed by atoms with Gasteiger partial charge in [-0.15, -0.1) is 0 Å². The van der Waals surface area contributed by atoms with E-state index in [-0.39, 0.29) is 13.1 Å². The van der Waals surface area contributed by atoms with E-state index in [1.807, 2.05) is 0 Å². The molecule has 0 radical (unpaired) electrons. The van der Waals surface area contributed by atoms with E-state index >= 15 is 0 Å². The number of hydrogen-bond donors (Lipinski definition) is 5. The monoisotopic (exact) mass is 458 g/mol. The molecule has 0 unspecified atom stereocenters.